The summed E-state index contributed by atoms with van der Waals surface area (Å²) in [6.45, 7) is 10.8. The molecule has 2 rings (SSSR count). The maximum Gasteiger partial charge on any atom is 0.317 e. The zero-order valence-electron chi connectivity index (χ0n) is 16.6. The van der Waals surface area contributed by atoms with Gasteiger partial charge in [-0.2, -0.15) is 0 Å². The normalized spacial score (nSPS) is 17.3. The fourth-order valence-corrected chi connectivity index (χ4v) is 3.44. The predicted molar refractivity (Wildman–Crippen MR) is 105 cm³/mol. The van der Waals surface area contributed by atoms with E-state index in [2.05, 4.69) is 31.3 Å². The summed E-state index contributed by atoms with van der Waals surface area (Å²) in [6, 6.07) is 8.20. The monoisotopic (exact) mass is 359 g/mol. The lowest BCUT2D eigenvalue weighted by Crippen LogP contribution is -2.53. The van der Waals surface area contributed by atoms with Crippen LogP contribution < -0.4 is 5.32 Å². The Kier molecular flexibility index (Phi) is 7.49. The Labute approximate surface area is 157 Å². The van der Waals surface area contributed by atoms with Crippen molar-refractivity contribution < 1.29 is 9.59 Å². The number of urea groups is 1. The fraction of sp³-hybridized carbons (Fsp3) is 0.619. The van der Waals surface area contributed by atoms with Gasteiger partial charge in [-0.25, -0.2) is 4.79 Å². The minimum Gasteiger partial charge on any atom is -0.340 e. The number of benzene rings is 1. The van der Waals surface area contributed by atoms with E-state index in [1.165, 1.54) is 11.1 Å². The van der Waals surface area contributed by atoms with Gasteiger partial charge in [0.25, 0.3) is 0 Å². The third-order valence-electron chi connectivity index (χ3n) is 4.96. The van der Waals surface area contributed by atoms with Crippen LogP contribution >= 0.6 is 0 Å². The molecule has 0 aromatic heterocycles. The summed E-state index contributed by atoms with van der Waals surface area (Å²) in [7, 11) is 0. The van der Waals surface area contributed by atoms with Gasteiger partial charge in [0.05, 0.1) is 0 Å². The second kappa shape index (κ2) is 9.60. The minimum atomic E-state index is -0.0288. The van der Waals surface area contributed by atoms with Gasteiger partial charge in [-0.15, -0.1) is 0 Å². The number of hydrogen-bond acceptors (Lipinski definition) is 2. The van der Waals surface area contributed by atoms with Crippen LogP contribution in [0.4, 0.5) is 4.79 Å². The summed E-state index contributed by atoms with van der Waals surface area (Å²) in [5, 5.41) is 3.16. The van der Waals surface area contributed by atoms with E-state index in [1.54, 1.807) is 0 Å². The predicted octanol–water partition coefficient (Wildman–Crippen LogP) is 3.56. The zero-order chi connectivity index (χ0) is 19.1. The van der Waals surface area contributed by atoms with Crippen LogP contribution in [0.1, 0.15) is 51.2 Å². The number of hydrogen-bond donors (Lipinski definition) is 1. The molecule has 0 unspecified atom stereocenters. The lowest BCUT2D eigenvalue weighted by Gasteiger charge is -2.35. The van der Waals surface area contributed by atoms with E-state index in [9.17, 15) is 9.59 Å². The SMILES string of the molecule is CCCN(Cc1ccccc1C)C(=O)N[C@H]1CCCN(C(=O)C(C)C)C1. The molecule has 1 saturated heterocycles. The first-order valence-electron chi connectivity index (χ1n) is 9.81. The van der Waals surface area contributed by atoms with Crippen molar-refractivity contribution in [1.82, 2.24) is 15.1 Å². The largest absolute Gasteiger partial charge is 0.340 e. The van der Waals surface area contributed by atoms with E-state index in [1.807, 2.05) is 35.8 Å². The van der Waals surface area contributed by atoms with Crippen molar-refractivity contribution in [3.05, 3.63) is 35.4 Å². The van der Waals surface area contributed by atoms with Gasteiger partial charge in [-0.3, -0.25) is 4.79 Å². The van der Waals surface area contributed by atoms with E-state index in [0.717, 1.165) is 32.4 Å². The molecule has 0 spiro atoms. The first-order chi connectivity index (χ1) is 12.4. The first kappa shape index (κ1) is 20.3. The molecule has 0 aliphatic carbocycles. The molecule has 1 N–H and O–H groups in total. The third kappa shape index (κ3) is 5.48. The number of aryl methyl sites for hydroxylation is 1. The van der Waals surface area contributed by atoms with Crippen molar-refractivity contribution in [2.24, 2.45) is 5.92 Å². The molecule has 1 aliphatic rings. The van der Waals surface area contributed by atoms with E-state index in [4.69, 9.17) is 0 Å². The Balaban J connectivity index is 1.98. The second-order valence-corrected chi connectivity index (χ2v) is 7.58. The second-order valence-electron chi connectivity index (χ2n) is 7.58. The highest BCUT2D eigenvalue weighted by Gasteiger charge is 2.27. The maximum atomic E-state index is 12.8. The topological polar surface area (TPSA) is 52.7 Å². The average Bonchev–Trinajstić information content (AvgIpc) is 2.62. The first-order valence-corrected chi connectivity index (χ1v) is 9.81. The van der Waals surface area contributed by atoms with Crippen LogP contribution in [0.15, 0.2) is 24.3 Å². The number of likely N-dealkylation sites (tertiary alicyclic amines) is 1. The zero-order valence-corrected chi connectivity index (χ0v) is 16.6. The summed E-state index contributed by atoms with van der Waals surface area (Å²) in [6.07, 6.45) is 2.79. The van der Waals surface area contributed by atoms with Gasteiger partial charge in [0.1, 0.15) is 0 Å². The van der Waals surface area contributed by atoms with Crippen LogP contribution in [0.3, 0.4) is 0 Å². The van der Waals surface area contributed by atoms with Gasteiger partial charge in [0.15, 0.2) is 0 Å². The van der Waals surface area contributed by atoms with Crippen LogP contribution in [-0.4, -0.2) is 47.4 Å². The minimum absolute atomic E-state index is 0.00194. The van der Waals surface area contributed by atoms with Crippen LogP contribution in [0.5, 0.6) is 0 Å². The van der Waals surface area contributed by atoms with Crippen LogP contribution in [-0.2, 0) is 11.3 Å². The maximum absolute atomic E-state index is 12.8. The molecule has 3 amide bonds. The molecular weight excluding hydrogens is 326 g/mol. The van der Waals surface area contributed by atoms with Crippen LogP contribution in [0.2, 0.25) is 0 Å². The Morgan fingerprint density at radius 3 is 2.69 bits per heavy atom. The van der Waals surface area contributed by atoms with E-state index >= 15 is 0 Å². The van der Waals surface area contributed by atoms with Gasteiger partial charge in [-0.05, 0) is 37.3 Å². The lowest BCUT2D eigenvalue weighted by atomic mass is 10.0. The van der Waals surface area contributed by atoms with Gasteiger partial charge in [-0.1, -0.05) is 45.0 Å². The van der Waals surface area contributed by atoms with E-state index in [0.29, 0.717) is 13.1 Å². The van der Waals surface area contributed by atoms with Gasteiger partial charge in [0.2, 0.25) is 5.91 Å². The molecule has 1 aromatic rings. The highest BCUT2D eigenvalue weighted by molar-refractivity contribution is 5.78. The van der Waals surface area contributed by atoms with Crippen molar-refractivity contribution in [3.8, 4) is 0 Å². The molecule has 26 heavy (non-hydrogen) atoms. The fourth-order valence-electron chi connectivity index (χ4n) is 3.44. The number of carbonyl (C=O) groups is 2. The van der Waals surface area contributed by atoms with Crippen molar-refractivity contribution in [3.63, 3.8) is 0 Å². The third-order valence-corrected chi connectivity index (χ3v) is 4.96. The number of amides is 3. The highest BCUT2D eigenvalue weighted by atomic mass is 16.2. The van der Waals surface area contributed by atoms with E-state index < -0.39 is 0 Å². The van der Waals surface area contributed by atoms with Gasteiger partial charge < -0.3 is 15.1 Å². The molecular formula is C21H33N3O2. The molecule has 1 aliphatic heterocycles. The van der Waals surface area contributed by atoms with Crippen molar-refractivity contribution in [2.75, 3.05) is 19.6 Å². The molecule has 1 atom stereocenters. The highest BCUT2D eigenvalue weighted by Crippen LogP contribution is 2.15. The number of nitrogens with zero attached hydrogens (tertiary/aromatic N) is 2. The van der Waals surface area contributed by atoms with E-state index in [-0.39, 0.29) is 23.9 Å². The summed E-state index contributed by atoms with van der Waals surface area (Å²) in [4.78, 5) is 28.9. The lowest BCUT2D eigenvalue weighted by molar-refractivity contribution is -0.135. The van der Waals surface area contributed by atoms with Crippen molar-refractivity contribution >= 4 is 11.9 Å². The average molecular weight is 360 g/mol. The summed E-state index contributed by atoms with van der Waals surface area (Å²) < 4.78 is 0. The summed E-state index contributed by atoms with van der Waals surface area (Å²) in [5.41, 5.74) is 2.38. The van der Waals surface area contributed by atoms with Gasteiger partial charge >= 0.3 is 6.03 Å². The molecule has 1 aromatic carbocycles. The Morgan fingerprint density at radius 2 is 2.04 bits per heavy atom. The Hall–Kier alpha value is -2.04. The molecule has 0 radical (unpaired) electrons. The summed E-state index contributed by atoms with van der Waals surface area (Å²) in [5.74, 6) is 0.177. The van der Waals surface area contributed by atoms with Gasteiger partial charge in [0, 0.05) is 38.1 Å². The molecule has 5 heteroatoms. The molecule has 1 fully saturated rings. The summed E-state index contributed by atoms with van der Waals surface area (Å²) >= 11 is 0. The number of carbonyl (C=O) groups excluding carboxylic acids is 2. The number of nitrogens with one attached hydrogen (secondary N) is 1. The number of rotatable bonds is 6. The molecule has 1 heterocycles. The van der Waals surface area contributed by atoms with Crippen molar-refractivity contribution in [1.29, 1.82) is 0 Å². The van der Waals surface area contributed by atoms with Crippen LogP contribution in [0.25, 0.3) is 0 Å². The Morgan fingerprint density at radius 1 is 1.31 bits per heavy atom. The Bertz CT molecular complexity index is 615. The molecule has 5 nitrogen and oxygen atoms in total. The quantitative estimate of drug-likeness (QED) is 0.844. The molecule has 0 saturated carbocycles. The van der Waals surface area contributed by atoms with Crippen molar-refractivity contribution in [2.45, 2.75) is 59.5 Å². The smallest absolute Gasteiger partial charge is 0.317 e. The molecule has 144 valence electrons. The molecule has 0 bridgehead atoms. The number of piperidine rings is 1. The van der Waals surface area contributed by atoms with Crippen LogP contribution in [0, 0.1) is 12.8 Å². The standard InChI is InChI=1S/C21H33N3O2/c1-5-12-24(14-18-10-7-6-9-17(18)4)21(26)22-19-11-8-13-23(15-19)20(25)16(2)3/h6-7,9-10,16,19H,5,8,11-15H2,1-4H3,(H,22,26)/t19-/m0/s1.